The molecule has 3 heterocycles. The number of rotatable bonds is 2. The Bertz CT molecular complexity index is 682. The van der Waals surface area contributed by atoms with E-state index >= 15 is 0 Å². The summed E-state index contributed by atoms with van der Waals surface area (Å²) in [6.07, 6.45) is 5.91. The number of hydrogen-bond acceptors (Lipinski definition) is 5. The van der Waals surface area contributed by atoms with E-state index in [4.69, 9.17) is 4.98 Å². The highest BCUT2D eigenvalue weighted by Crippen LogP contribution is 2.41. The Morgan fingerprint density at radius 1 is 1.29 bits per heavy atom. The minimum absolute atomic E-state index is 0.283. The number of anilines is 1. The molecule has 0 aromatic carbocycles. The van der Waals surface area contributed by atoms with Gasteiger partial charge in [-0.3, -0.25) is 0 Å². The van der Waals surface area contributed by atoms with E-state index in [1.807, 2.05) is 18.3 Å². The van der Waals surface area contributed by atoms with E-state index in [9.17, 15) is 5.11 Å². The Morgan fingerprint density at radius 2 is 2.19 bits per heavy atom. The molecule has 1 atom stereocenters. The van der Waals surface area contributed by atoms with Crippen molar-refractivity contribution in [1.82, 2.24) is 9.97 Å². The highest BCUT2D eigenvalue weighted by Gasteiger charge is 2.27. The van der Waals surface area contributed by atoms with Crippen molar-refractivity contribution in [3.63, 3.8) is 0 Å². The summed E-state index contributed by atoms with van der Waals surface area (Å²) in [5.41, 5.74) is 1.50. The molecule has 1 saturated heterocycles. The molecule has 4 nitrogen and oxygen atoms in total. The van der Waals surface area contributed by atoms with Crippen molar-refractivity contribution in [2.45, 2.75) is 39.0 Å². The van der Waals surface area contributed by atoms with Crippen LogP contribution in [0.3, 0.4) is 0 Å². The first-order chi connectivity index (χ1) is 10.3. The summed E-state index contributed by atoms with van der Waals surface area (Å²) in [5.74, 6) is 2.37. The van der Waals surface area contributed by atoms with E-state index in [-0.39, 0.29) is 6.61 Å². The maximum absolute atomic E-state index is 9.48. The van der Waals surface area contributed by atoms with Gasteiger partial charge in [0.1, 0.15) is 16.5 Å². The quantitative estimate of drug-likeness (QED) is 0.927. The summed E-state index contributed by atoms with van der Waals surface area (Å²) < 4.78 is 0. The van der Waals surface area contributed by atoms with E-state index < -0.39 is 0 Å². The Labute approximate surface area is 128 Å². The first-order valence-corrected chi connectivity index (χ1v) is 8.72. The second kappa shape index (κ2) is 5.21. The fourth-order valence-corrected chi connectivity index (χ4v) is 5.02. The third-order valence-electron chi connectivity index (χ3n) is 4.73. The van der Waals surface area contributed by atoms with E-state index in [2.05, 4.69) is 9.88 Å². The van der Waals surface area contributed by atoms with Crippen LogP contribution in [0.1, 0.15) is 35.5 Å². The smallest absolute Gasteiger partial charge is 0.141 e. The maximum atomic E-state index is 9.48. The normalized spacial score (nSPS) is 22.0. The average molecular weight is 303 g/mol. The molecule has 0 amide bonds. The Morgan fingerprint density at radius 3 is 3.05 bits per heavy atom. The van der Waals surface area contributed by atoms with Gasteiger partial charge in [0, 0.05) is 24.6 Å². The van der Waals surface area contributed by atoms with E-state index in [1.54, 1.807) is 0 Å². The van der Waals surface area contributed by atoms with Gasteiger partial charge < -0.3 is 10.0 Å². The van der Waals surface area contributed by atoms with Gasteiger partial charge >= 0.3 is 0 Å². The van der Waals surface area contributed by atoms with Crippen LogP contribution in [0.5, 0.6) is 0 Å². The van der Waals surface area contributed by atoms with Crippen molar-refractivity contribution in [3.8, 4) is 0 Å². The molecule has 0 saturated carbocycles. The van der Waals surface area contributed by atoms with Crippen molar-refractivity contribution in [2.75, 3.05) is 24.6 Å². The third-order valence-corrected chi connectivity index (χ3v) is 5.92. The fourth-order valence-electron chi connectivity index (χ4n) is 3.72. The summed E-state index contributed by atoms with van der Waals surface area (Å²) in [7, 11) is 0. The van der Waals surface area contributed by atoms with E-state index in [0.717, 1.165) is 42.4 Å². The van der Waals surface area contributed by atoms with Crippen LogP contribution in [0.2, 0.25) is 0 Å². The zero-order valence-corrected chi connectivity index (χ0v) is 13.2. The first kappa shape index (κ1) is 13.5. The van der Waals surface area contributed by atoms with Crippen LogP contribution >= 0.6 is 11.3 Å². The van der Waals surface area contributed by atoms with Gasteiger partial charge in [0.05, 0.1) is 5.39 Å². The number of aliphatic hydroxyl groups is 1. The molecule has 0 radical (unpaired) electrons. The fraction of sp³-hybridized carbons (Fsp3) is 0.625. The molecule has 2 aromatic rings. The number of nitrogens with zero attached hydrogens (tertiary/aromatic N) is 3. The molecule has 1 fully saturated rings. The lowest BCUT2D eigenvalue weighted by atomic mass is 9.98. The number of aromatic nitrogens is 2. The SMILES string of the molecule is Cc1nc(N2CCCC(CO)C2)c2c3c(sc2n1)CCC3. The third kappa shape index (κ3) is 2.23. The molecular weight excluding hydrogens is 282 g/mol. The van der Waals surface area contributed by atoms with Crippen molar-refractivity contribution in [1.29, 1.82) is 0 Å². The molecule has 0 spiro atoms. The van der Waals surface area contributed by atoms with Gasteiger partial charge in [0.25, 0.3) is 0 Å². The Kier molecular flexibility index (Phi) is 3.34. The van der Waals surface area contributed by atoms with Crippen LogP contribution in [0.4, 0.5) is 5.82 Å². The lowest BCUT2D eigenvalue weighted by molar-refractivity contribution is 0.208. The van der Waals surface area contributed by atoms with Crippen LogP contribution in [-0.2, 0) is 12.8 Å². The van der Waals surface area contributed by atoms with Gasteiger partial charge in [0.2, 0.25) is 0 Å². The monoisotopic (exact) mass is 303 g/mol. The van der Waals surface area contributed by atoms with Gasteiger partial charge in [-0.2, -0.15) is 0 Å². The minimum Gasteiger partial charge on any atom is -0.396 e. The lowest BCUT2D eigenvalue weighted by Gasteiger charge is -2.33. The molecule has 1 N–H and O–H groups in total. The van der Waals surface area contributed by atoms with Crippen LogP contribution < -0.4 is 4.90 Å². The van der Waals surface area contributed by atoms with Crippen LogP contribution in [0.25, 0.3) is 10.2 Å². The number of fused-ring (bicyclic) bond motifs is 3. The summed E-state index contributed by atoms with van der Waals surface area (Å²) in [6.45, 7) is 4.24. The van der Waals surface area contributed by atoms with Crippen molar-refractivity contribution in [2.24, 2.45) is 5.92 Å². The molecule has 0 bridgehead atoms. The molecule has 1 aliphatic carbocycles. The van der Waals surface area contributed by atoms with Gasteiger partial charge in [0.15, 0.2) is 0 Å². The number of piperidine rings is 1. The average Bonchev–Trinajstić information content (AvgIpc) is 3.06. The predicted molar refractivity (Wildman–Crippen MR) is 86.2 cm³/mol. The lowest BCUT2D eigenvalue weighted by Crippen LogP contribution is -2.37. The second-order valence-electron chi connectivity index (χ2n) is 6.27. The number of thiophene rings is 1. The Balaban J connectivity index is 1.83. The summed E-state index contributed by atoms with van der Waals surface area (Å²) in [6, 6.07) is 0. The van der Waals surface area contributed by atoms with Crippen molar-refractivity contribution < 1.29 is 5.11 Å². The number of aliphatic hydroxyl groups excluding tert-OH is 1. The topological polar surface area (TPSA) is 49.2 Å². The number of aryl methyl sites for hydroxylation is 3. The molecule has 112 valence electrons. The van der Waals surface area contributed by atoms with Gasteiger partial charge in [-0.25, -0.2) is 9.97 Å². The molecule has 2 aliphatic rings. The standard InChI is InChI=1S/C16H21N3OS/c1-10-17-15(19-7-3-4-11(8-19)9-20)14-12-5-2-6-13(12)21-16(14)18-10/h11,20H,2-9H2,1H3. The highest BCUT2D eigenvalue weighted by molar-refractivity contribution is 7.19. The summed E-state index contributed by atoms with van der Waals surface area (Å²) in [5, 5.41) is 10.8. The Hall–Kier alpha value is -1.20. The molecular formula is C16H21N3OS. The first-order valence-electron chi connectivity index (χ1n) is 7.91. The van der Waals surface area contributed by atoms with Gasteiger partial charge in [-0.1, -0.05) is 0 Å². The zero-order valence-electron chi connectivity index (χ0n) is 12.4. The number of hydrogen-bond donors (Lipinski definition) is 1. The molecule has 4 rings (SSSR count). The molecule has 21 heavy (non-hydrogen) atoms. The van der Waals surface area contributed by atoms with Crippen molar-refractivity contribution >= 4 is 27.4 Å². The molecule has 5 heteroatoms. The zero-order chi connectivity index (χ0) is 14.4. The summed E-state index contributed by atoms with van der Waals surface area (Å²) >= 11 is 1.86. The molecule has 1 unspecified atom stereocenters. The van der Waals surface area contributed by atoms with E-state index in [0.29, 0.717) is 5.92 Å². The predicted octanol–water partition coefficient (Wildman–Crippen LogP) is 2.70. The van der Waals surface area contributed by atoms with Crippen molar-refractivity contribution in [3.05, 3.63) is 16.3 Å². The van der Waals surface area contributed by atoms with Gasteiger partial charge in [-0.15, -0.1) is 11.3 Å². The largest absolute Gasteiger partial charge is 0.396 e. The molecule has 2 aromatic heterocycles. The van der Waals surface area contributed by atoms with Crippen LogP contribution in [0.15, 0.2) is 0 Å². The minimum atomic E-state index is 0.283. The summed E-state index contributed by atoms with van der Waals surface area (Å²) in [4.78, 5) is 14.5. The van der Waals surface area contributed by atoms with Crippen LogP contribution in [-0.4, -0.2) is 34.8 Å². The molecule has 1 aliphatic heterocycles. The van der Waals surface area contributed by atoms with E-state index in [1.165, 1.54) is 35.1 Å². The van der Waals surface area contributed by atoms with Crippen LogP contribution in [0, 0.1) is 12.8 Å². The van der Waals surface area contributed by atoms with Gasteiger partial charge in [-0.05, 0) is 50.5 Å². The second-order valence-corrected chi connectivity index (χ2v) is 7.35. The maximum Gasteiger partial charge on any atom is 0.141 e. The highest BCUT2D eigenvalue weighted by atomic mass is 32.1.